The molecule has 1 aliphatic rings. The summed E-state index contributed by atoms with van der Waals surface area (Å²) in [5.74, 6) is 0. The van der Waals surface area contributed by atoms with Gasteiger partial charge in [-0.15, -0.1) is 0 Å². The van der Waals surface area contributed by atoms with Gasteiger partial charge >= 0.3 is 0 Å². The van der Waals surface area contributed by atoms with Crippen molar-refractivity contribution in [2.75, 3.05) is 0 Å². The molecular formula is C11H8CuFeO3. The first-order valence-corrected chi connectivity index (χ1v) is 3.28. The van der Waals surface area contributed by atoms with E-state index in [4.69, 9.17) is 14.4 Å². The summed E-state index contributed by atoms with van der Waals surface area (Å²) in [7, 11) is 0. The van der Waals surface area contributed by atoms with Crippen molar-refractivity contribution in [3.8, 4) is 0 Å². The molecule has 16 heavy (non-hydrogen) atoms. The maximum absolute atomic E-state index is 7.50. The normalized spacial score (nSPS) is 16.8. The minimum atomic E-state index is 0. The van der Waals surface area contributed by atoms with Gasteiger partial charge in [-0.05, 0) is 0 Å². The van der Waals surface area contributed by atoms with Gasteiger partial charge in [-0.1, -0.05) is 48.6 Å². The molecule has 1 rings (SSSR count). The summed E-state index contributed by atoms with van der Waals surface area (Å²) in [5.41, 5.74) is 0. The van der Waals surface area contributed by atoms with E-state index in [0.29, 0.717) is 0 Å². The third kappa shape index (κ3) is 38.2. The van der Waals surface area contributed by atoms with Gasteiger partial charge < -0.3 is 0 Å². The van der Waals surface area contributed by atoms with Gasteiger partial charge in [0.15, 0.2) is 0 Å². The van der Waals surface area contributed by atoms with Crippen LogP contribution in [0.1, 0.15) is 0 Å². The summed E-state index contributed by atoms with van der Waals surface area (Å²) in [5, 5.41) is 0. The van der Waals surface area contributed by atoms with Crippen molar-refractivity contribution in [1.82, 2.24) is 0 Å². The van der Waals surface area contributed by atoms with Crippen molar-refractivity contribution in [3.05, 3.63) is 48.6 Å². The molecule has 3 nitrogen and oxygen atoms in total. The van der Waals surface area contributed by atoms with E-state index in [9.17, 15) is 0 Å². The van der Waals surface area contributed by atoms with Crippen LogP contribution in [0.15, 0.2) is 48.6 Å². The summed E-state index contributed by atoms with van der Waals surface area (Å²) < 4.78 is 0. The van der Waals surface area contributed by atoms with Gasteiger partial charge in [-0.3, -0.25) is 14.4 Å². The average Bonchev–Trinajstić information content (AvgIpc) is 2.26. The molecule has 0 aromatic rings. The summed E-state index contributed by atoms with van der Waals surface area (Å²) in [4.78, 5) is 22.5. The molecule has 0 unspecified atom stereocenters. The van der Waals surface area contributed by atoms with Gasteiger partial charge in [-0.2, -0.15) is 0 Å². The Morgan fingerprint density at radius 3 is 0.562 bits per heavy atom. The van der Waals surface area contributed by atoms with Gasteiger partial charge in [0.25, 0.3) is 20.4 Å². The predicted octanol–water partition coefficient (Wildman–Crippen LogP) is 1.03. The minimum Gasteiger partial charge on any atom is -0.281 e. The van der Waals surface area contributed by atoms with Crippen molar-refractivity contribution < 1.29 is 48.5 Å². The number of rotatable bonds is 0. The van der Waals surface area contributed by atoms with E-state index in [0.717, 1.165) is 0 Å². The van der Waals surface area contributed by atoms with Crippen molar-refractivity contribution in [3.63, 3.8) is 0 Å². The predicted molar refractivity (Wildman–Crippen MR) is 53.6 cm³/mol. The first-order valence-electron chi connectivity index (χ1n) is 3.28. The van der Waals surface area contributed by atoms with Gasteiger partial charge in [0.1, 0.15) is 0 Å². The SMILES string of the molecule is C1=C\C=C/C=C\C=C/1.[C]=O.[C]=O.[C]=O.[Cu].[Fe]. The minimum absolute atomic E-state index is 0. The molecule has 0 saturated carbocycles. The van der Waals surface area contributed by atoms with Gasteiger partial charge in [0, 0.05) is 34.1 Å². The molecule has 0 fully saturated rings. The van der Waals surface area contributed by atoms with Gasteiger partial charge in [-0.25, -0.2) is 0 Å². The van der Waals surface area contributed by atoms with E-state index >= 15 is 0 Å². The zero-order valence-corrected chi connectivity index (χ0v) is 10.0. The van der Waals surface area contributed by atoms with Crippen LogP contribution in [0, 0.1) is 0 Å². The number of allylic oxidation sites excluding steroid dienone is 8. The molecule has 7 radical (unpaired) electrons. The van der Waals surface area contributed by atoms with Crippen LogP contribution in [0.5, 0.6) is 0 Å². The summed E-state index contributed by atoms with van der Waals surface area (Å²) in [6.07, 6.45) is 16.0. The van der Waals surface area contributed by atoms with Crippen LogP contribution in [-0.4, -0.2) is 20.4 Å². The fourth-order valence-corrected chi connectivity index (χ4v) is 0.513. The maximum Gasteiger partial charge on any atom is 0.281 e. The Morgan fingerprint density at radius 1 is 0.438 bits per heavy atom. The van der Waals surface area contributed by atoms with E-state index < -0.39 is 0 Å². The van der Waals surface area contributed by atoms with Crippen LogP contribution >= 0.6 is 0 Å². The molecule has 0 heterocycles. The Bertz CT molecular complexity index is 153. The molecule has 0 amide bonds. The van der Waals surface area contributed by atoms with Crippen LogP contribution in [-0.2, 0) is 48.5 Å². The van der Waals surface area contributed by atoms with Gasteiger partial charge in [0.05, 0.1) is 0 Å². The number of hydrogen-bond donors (Lipinski definition) is 0. The topological polar surface area (TPSA) is 51.2 Å². The quantitative estimate of drug-likeness (QED) is 0.628. The molecule has 0 bridgehead atoms. The van der Waals surface area contributed by atoms with Crippen molar-refractivity contribution in [2.24, 2.45) is 0 Å². The Morgan fingerprint density at radius 2 is 0.500 bits per heavy atom. The molecule has 0 saturated heterocycles. The van der Waals surface area contributed by atoms with Crippen LogP contribution in [0.4, 0.5) is 0 Å². The fourth-order valence-electron chi connectivity index (χ4n) is 0.513. The molecule has 89 valence electrons. The third-order valence-corrected chi connectivity index (χ3v) is 0.889. The summed E-state index contributed by atoms with van der Waals surface area (Å²) >= 11 is 0. The average molecular weight is 308 g/mol. The zero-order chi connectivity index (χ0) is 11.7. The fraction of sp³-hybridized carbons (Fsp3) is 0. The number of carbonyl (C=O) groups excluding carboxylic acids is 3. The molecule has 5 heteroatoms. The summed E-state index contributed by atoms with van der Waals surface area (Å²) in [6.45, 7) is 13.5. The molecule has 0 atom stereocenters. The van der Waals surface area contributed by atoms with E-state index in [2.05, 4.69) is 20.4 Å². The molecule has 0 aliphatic heterocycles. The van der Waals surface area contributed by atoms with E-state index in [1.165, 1.54) is 0 Å². The Hall–Kier alpha value is -0.991. The molecule has 0 aromatic heterocycles. The van der Waals surface area contributed by atoms with E-state index in [1.807, 2.05) is 48.6 Å². The molecular weight excluding hydrogens is 300 g/mol. The first-order chi connectivity index (χ1) is 7.00. The second kappa shape index (κ2) is 48.3. The van der Waals surface area contributed by atoms with Crippen LogP contribution in [0.2, 0.25) is 0 Å². The standard InChI is InChI=1S/C8H8.3CO.Cu.Fe/c1-2-4-6-8-7-5-3-1;3*1-2;;/h1-8H;;;;;/b2-1-,3-1?,4-2?,5-3-,6-4-,7-5?,8-6?,8-7-;;;;;. The zero-order valence-electron chi connectivity index (χ0n) is 8.00. The van der Waals surface area contributed by atoms with Crippen LogP contribution in [0.3, 0.4) is 0 Å². The Labute approximate surface area is 117 Å². The van der Waals surface area contributed by atoms with Crippen molar-refractivity contribution in [1.29, 1.82) is 0 Å². The van der Waals surface area contributed by atoms with Gasteiger partial charge in [0.2, 0.25) is 0 Å². The largest absolute Gasteiger partial charge is 0.281 e. The molecule has 0 aromatic carbocycles. The van der Waals surface area contributed by atoms with E-state index in [1.54, 1.807) is 0 Å². The van der Waals surface area contributed by atoms with Crippen LogP contribution < -0.4 is 0 Å². The second-order valence-electron chi connectivity index (χ2n) is 1.54. The Balaban J connectivity index is -0.0000000445. The number of hydrogen-bond acceptors (Lipinski definition) is 3. The van der Waals surface area contributed by atoms with Crippen molar-refractivity contribution >= 4 is 20.4 Å². The van der Waals surface area contributed by atoms with Crippen molar-refractivity contribution in [2.45, 2.75) is 0 Å². The third-order valence-electron chi connectivity index (χ3n) is 0.889. The Kier molecular flexibility index (Phi) is 88.7. The second-order valence-corrected chi connectivity index (χ2v) is 1.54. The van der Waals surface area contributed by atoms with Crippen LogP contribution in [0.25, 0.3) is 0 Å². The monoisotopic (exact) mass is 307 g/mol. The smallest absolute Gasteiger partial charge is 0.281 e. The maximum atomic E-state index is 7.50. The molecule has 0 spiro atoms. The molecule has 0 N–H and O–H groups in total. The molecule has 1 aliphatic carbocycles. The first kappa shape index (κ1) is 29.4. The summed E-state index contributed by atoms with van der Waals surface area (Å²) in [6, 6.07) is 0. The van der Waals surface area contributed by atoms with E-state index in [-0.39, 0.29) is 34.1 Å².